The molecule has 3 aliphatic rings. The minimum absolute atomic E-state index is 0.128. The highest BCUT2D eigenvalue weighted by Gasteiger charge is 2.45. The highest BCUT2D eigenvalue weighted by Crippen LogP contribution is 2.39. The van der Waals surface area contributed by atoms with Crippen LogP contribution < -0.4 is 0 Å². The van der Waals surface area contributed by atoms with Crippen molar-refractivity contribution in [2.75, 3.05) is 33.2 Å². The zero-order valence-corrected chi connectivity index (χ0v) is 15.4. The number of aliphatic hydroxyl groups excluding tert-OH is 1. The summed E-state index contributed by atoms with van der Waals surface area (Å²) in [5.74, 6) is 0.203. The Morgan fingerprint density at radius 3 is 2.96 bits per heavy atom. The van der Waals surface area contributed by atoms with E-state index in [2.05, 4.69) is 17.3 Å². The van der Waals surface area contributed by atoms with Gasteiger partial charge < -0.3 is 14.9 Å². The smallest absolute Gasteiger partial charge is 0.255 e. The molecule has 5 heteroatoms. The van der Waals surface area contributed by atoms with Crippen molar-refractivity contribution >= 4 is 17.2 Å². The van der Waals surface area contributed by atoms with Crippen LogP contribution in [0.4, 0.5) is 0 Å². The van der Waals surface area contributed by atoms with Crippen molar-refractivity contribution < 1.29 is 9.90 Å². The van der Waals surface area contributed by atoms with Crippen molar-refractivity contribution in [1.29, 1.82) is 0 Å². The lowest BCUT2D eigenvalue weighted by Crippen LogP contribution is -2.59. The van der Waals surface area contributed by atoms with E-state index in [0.29, 0.717) is 6.54 Å². The summed E-state index contributed by atoms with van der Waals surface area (Å²) in [6, 6.07) is 0. The van der Waals surface area contributed by atoms with Gasteiger partial charge in [0.05, 0.1) is 11.7 Å². The number of aliphatic hydroxyl groups is 1. The molecule has 24 heavy (non-hydrogen) atoms. The van der Waals surface area contributed by atoms with E-state index in [1.807, 2.05) is 4.90 Å². The number of nitrogens with zero attached hydrogens (tertiary/aromatic N) is 2. The summed E-state index contributed by atoms with van der Waals surface area (Å²) in [5, 5.41) is 12.7. The number of piperidine rings is 2. The van der Waals surface area contributed by atoms with Crippen molar-refractivity contribution in [1.82, 2.24) is 9.80 Å². The molecule has 0 bridgehead atoms. The normalized spacial score (nSPS) is 31.2. The zero-order valence-electron chi connectivity index (χ0n) is 14.6. The van der Waals surface area contributed by atoms with E-state index < -0.39 is 0 Å². The van der Waals surface area contributed by atoms with Gasteiger partial charge in [0, 0.05) is 41.9 Å². The van der Waals surface area contributed by atoms with Gasteiger partial charge in [-0.05, 0) is 57.6 Å². The van der Waals surface area contributed by atoms with Crippen LogP contribution in [-0.4, -0.2) is 60.1 Å². The predicted molar refractivity (Wildman–Crippen MR) is 96.7 cm³/mol. The van der Waals surface area contributed by atoms with Crippen LogP contribution in [0.5, 0.6) is 0 Å². The summed E-state index contributed by atoms with van der Waals surface area (Å²) in [4.78, 5) is 19.0. The van der Waals surface area contributed by atoms with Crippen molar-refractivity contribution in [3.05, 3.63) is 21.4 Å². The lowest BCUT2D eigenvalue weighted by molar-refractivity contribution is -0.0731. The Labute approximate surface area is 148 Å². The van der Waals surface area contributed by atoms with E-state index >= 15 is 0 Å². The van der Waals surface area contributed by atoms with Crippen LogP contribution in [0.25, 0.3) is 0 Å². The Balaban J connectivity index is 1.56. The molecule has 2 atom stereocenters. The molecule has 1 N–H and O–H groups in total. The first kappa shape index (κ1) is 16.6. The van der Waals surface area contributed by atoms with Gasteiger partial charge in [0.15, 0.2) is 0 Å². The monoisotopic (exact) mass is 348 g/mol. The third-order valence-electron chi connectivity index (χ3n) is 6.26. The zero-order chi connectivity index (χ0) is 16.7. The van der Waals surface area contributed by atoms with Crippen molar-refractivity contribution in [2.45, 2.75) is 51.0 Å². The fourth-order valence-electron chi connectivity index (χ4n) is 4.95. The molecule has 2 saturated heterocycles. The molecule has 1 amide bonds. The first-order valence-corrected chi connectivity index (χ1v) is 10.2. The molecule has 0 unspecified atom stereocenters. The topological polar surface area (TPSA) is 43.8 Å². The molecule has 0 saturated carbocycles. The van der Waals surface area contributed by atoms with Crippen LogP contribution in [0.2, 0.25) is 0 Å². The fraction of sp³-hybridized carbons (Fsp3) is 0.737. The molecule has 3 heterocycles. The van der Waals surface area contributed by atoms with Crippen LogP contribution in [0.3, 0.4) is 0 Å². The molecule has 1 aromatic heterocycles. The summed E-state index contributed by atoms with van der Waals surface area (Å²) >= 11 is 1.77. The van der Waals surface area contributed by atoms with E-state index in [0.717, 1.165) is 57.3 Å². The third kappa shape index (κ3) is 2.80. The first-order chi connectivity index (χ1) is 11.6. The second kappa shape index (κ2) is 6.43. The number of carbonyl (C=O) groups excluding carboxylic acids is 1. The average molecular weight is 349 g/mol. The Bertz CT molecular complexity index is 629. The van der Waals surface area contributed by atoms with E-state index in [4.69, 9.17) is 0 Å². The predicted octanol–water partition coefficient (Wildman–Crippen LogP) is 2.55. The van der Waals surface area contributed by atoms with Gasteiger partial charge in [-0.3, -0.25) is 4.79 Å². The lowest BCUT2D eigenvalue weighted by Gasteiger charge is -2.50. The van der Waals surface area contributed by atoms with Gasteiger partial charge in [-0.1, -0.05) is 0 Å². The van der Waals surface area contributed by atoms with E-state index in [-0.39, 0.29) is 17.4 Å². The molecule has 2 aliphatic heterocycles. The Morgan fingerprint density at radius 1 is 1.25 bits per heavy atom. The van der Waals surface area contributed by atoms with Gasteiger partial charge in [-0.25, -0.2) is 0 Å². The van der Waals surface area contributed by atoms with Gasteiger partial charge in [0.2, 0.25) is 0 Å². The lowest BCUT2D eigenvalue weighted by atomic mass is 9.71. The molecule has 0 radical (unpaired) electrons. The second-order valence-corrected chi connectivity index (χ2v) is 8.96. The minimum atomic E-state index is -0.277. The Morgan fingerprint density at radius 2 is 2.08 bits per heavy atom. The van der Waals surface area contributed by atoms with Crippen LogP contribution in [0.15, 0.2) is 5.38 Å². The Hall–Kier alpha value is -0.910. The molecule has 2 fully saturated rings. The summed E-state index contributed by atoms with van der Waals surface area (Å²) in [7, 11) is 2.13. The highest BCUT2D eigenvalue weighted by atomic mass is 32.1. The highest BCUT2D eigenvalue weighted by molar-refractivity contribution is 7.10. The molecular formula is C19H28N2O2S. The minimum Gasteiger partial charge on any atom is -0.392 e. The van der Waals surface area contributed by atoms with E-state index in [1.165, 1.54) is 23.3 Å². The number of fused-ring (bicyclic) bond motifs is 1. The summed E-state index contributed by atoms with van der Waals surface area (Å²) in [5.41, 5.74) is 2.14. The van der Waals surface area contributed by atoms with E-state index in [9.17, 15) is 9.90 Å². The Kier molecular flexibility index (Phi) is 4.43. The average Bonchev–Trinajstić information content (AvgIpc) is 3.02. The van der Waals surface area contributed by atoms with Crippen molar-refractivity contribution in [3.8, 4) is 0 Å². The van der Waals surface area contributed by atoms with Crippen LogP contribution in [0, 0.1) is 5.41 Å². The maximum Gasteiger partial charge on any atom is 0.255 e. The number of hydrogen-bond donors (Lipinski definition) is 1. The third-order valence-corrected chi connectivity index (χ3v) is 7.35. The molecule has 1 aromatic rings. The molecule has 0 aromatic carbocycles. The number of hydrogen-bond acceptors (Lipinski definition) is 4. The number of likely N-dealkylation sites (tertiary alicyclic amines) is 2. The summed E-state index contributed by atoms with van der Waals surface area (Å²) in [6.07, 6.45) is 7.24. The molecule has 4 rings (SSSR count). The number of amides is 1. The van der Waals surface area contributed by atoms with Crippen LogP contribution >= 0.6 is 11.3 Å². The van der Waals surface area contributed by atoms with Crippen LogP contribution in [0.1, 0.15) is 52.9 Å². The number of carbonyl (C=O) groups is 1. The van der Waals surface area contributed by atoms with Crippen LogP contribution in [-0.2, 0) is 12.8 Å². The maximum absolute atomic E-state index is 13.2. The SMILES string of the molecule is CN1CC[C@H](O)[C@@]2(CCCN(C(=O)c3csc4c3CCCC4)C2)C1. The molecule has 4 nitrogen and oxygen atoms in total. The summed E-state index contributed by atoms with van der Waals surface area (Å²) < 4.78 is 0. The van der Waals surface area contributed by atoms with Gasteiger partial charge >= 0.3 is 0 Å². The fourth-order valence-corrected chi connectivity index (χ4v) is 6.07. The molecule has 132 valence electrons. The molecule has 1 spiro atoms. The maximum atomic E-state index is 13.2. The van der Waals surface area contributed by atoms with E-state index in [1.54, 1.807) is 11.3 Å². The van der Waals surface area contributed by atoms with Gasteiger partial charge in [-0.15, -0.1) is 11.3 Å². The number of thiophene rings is 1. The summed E-state index contributed by atoms with van der Waals surface area (Å²) in [6.45, 7) is 3.40. The second-order valence-electron chi connectivity index (χ2n) is 7.99. The van der Waals surface area contributed by atoms with Gasteiger partial charge in [-0.2, -0.15) is 0 Å². The molecule has 1 aliphatic carbocycles. The standard InChI is InChI=1S/C19H28N2O2S/c1-20-10-7-17(22)19(12-20)8-4-9-21(13-19)18(23)15-11-24-16-6-3-2-5-14(15)16/h11,17,22H,2-10,12-13H2,1H3/t17-,19-/m0/s1. The van der Waals surface area contributed by atoms with Gasteiger partial charge in [0.25, 0.3) is 5.91 Å². The largest absolute Gasteiger partial charge is 0.392 e. The first-order valence-electron chi connectivity index (χ1n) is 9.34. The molecular weight excluding hydrogens is 320 g/mol. The quantitative estimate of drug-likeness (QED) is 0.848. The van der Waals surface area contributed by atoms with Crippen molar-refractivity contribution in [2.24, 2.45) is 5.41 Å². The van der Waals surface area contributed by atoms with Crippen molar-refractivity contribution in [3.63, 3.8) is 0 Å². The number of rotatable bonds is 1. The number of aryl methyl sites for hydroxylation is 1. The van der Waals surface area contributed by atoms with Gasteiger partial charge in [0.1, 0.15) is 0 Å².